The van der Waals surface area contributed by atoms with E-state index in [0.29, 0.717) is 0 Å². The second-order valence-electron chi connectivity index (χ2n) is 1.54. The van der Waals surface area contributed by atoms with Crippen molar-refractivity contribution in [3.8, 4) is 0 Å². The van der Waals surface area contributed by atoms with Gasteiger partial charge in [0.1, 0.15) is 0 Å². The van der Waals surface area contributed by atoms with Crippen molar-refractivity contribution in [2.24, 2.45) is 0 Å². The second kappa shape index (κ2) is 22.5. The van der Waals surface area contributed by atoms with Crippen LogP contribution in [0.2, 0.25) is 0 Å². The van der Waals surface area contributed by atoms with Crippen LogP contribution in [-0.2, 0) is 0 Å². The van der Waals surface area contributed by atoms with Crippen molar-refractivity contribution < 1.29 is 61.7 Å². The maximum absolute atomic E-state index is 2.00. The van der Waals surface area contributed by atoms with Gasteiger partial charge in [-0.1, -0.05) is 0 Å². The van der Waals surface area contributed by atoms with Crippen molar-refractivity contribution in [1.29, 1.82) is 0 Å². The van der Waals surface area contributed by atoms with Gasteiger partial charge < -0.3 is 31.2 Å². The van der Waals surface area contributed by atoms with Gasteiger partial charge in [-0.15, -0.1) is 0 Å². The molecule has 0 nitrogen and oxygen atoms in total. The zero-order valence-corrected chi connectivity index (χ0v) is 9.65. The third-order valence-corrected chi connectivity index (χ3v) is 0.556. The first kappa shape index (κ1) is 22.7. The van der Waals surface area contributed by atoms with Crippen molar-refractivity contribution >= 4 is 0 Å². The summed E-state index contributed by atoms with van der Waals surface area (Å²) in [6, 6.07) is 10.0. The minimum absolute atomic E-state index is 0. The first-order valence-corrected chi connectivity index (χ1v) is 2.82. The third kappa shape index (κ3) is 24.7. The molecule has 3 heteroatoms. The predicted molar refractivity (Wildman–Crippen MR) is 37.7 cm³/mol. The van der Waals surface area contributed by atoms with Crippen LogP contribution in [0.15, 0.2) is 30.3 Å². The summed E-state index contributed by atoms with van der Waals surface area (Å²) in [5, 5.41) is 0. The minimum Gasteiger partial charge on any atom is -1.00 e. The molecule has 0 spiro atoms. The van der Waals surface area contributed by atoms with Crippen LogP contribution in [0, 0.1) is 43.3 Å². The van der Waals surface area contributed by atoms with E-state index in [-0.39, 0.29) is 61.7 Å². The van der Waals surface area contributed by atoms with Crippen LogP contribution in [0.4, 0.5) is 0 Å². The molecule has 0 aliphatic carbocycles. The molecule has 0 N–H and O–H groups in total. The largest absolute Gasteiger partial charge is 1.00 e. The van der Waals surface area contributed by atoms with Crippen LogP contribution in [-0.4, -0.2) is 0 Å². The van der Waals surface area contributed by atoms with Gasteiger partial charge in [-0.05, 0) is 0 Å². The van der Waals surface area contributed by atoms with Crippen LogP contribution in [0.5, 0.6) is 0 Å². The number of rotatable bonds is 0. The maximum Gasteiger partial charge on any atom is 0 e. The molecule has 77 valence electrons. The molecule has 0 heterocycles. The van der Waals surface area contributed by atoms with E-state index in [1.165, 1.54) is 0 Å². The number of hydrogen-bond donors (Lipinski definition) is 0. The maximum atomic E-state index is 2.00. The van der Waals surface area contributed by atoms with Gasteiger partial charge in [0.05, 0.1) is 0 Å². The van der Waals surface area contributed by atoms with Gasteiger partial charge in [-0.2, -0.15) is 32.0 Å². The van der Waals surface area contributed by atoms with Crippen LogP contribution >= 0.6 is 0 Å². The summed E-state index contributed by atoms with van der Waals surface area (Å²) in [5.41, 5.74) is 0. The number of hydrogen-bond acceptors (Lipinski definition) is 0. The van der Waals surface area contributed by atoms with E-state index in [1.807, 2.05) is 50.6 Å². The molecule has 0 aromatic heterocycles. The van der Waals surface area contributed by atoms with Gasteiger partial charge in [0, 0.05) is 36.9 Å². The molecule has 0 saturated carbocycles. The SMILES string of the molecule is C[CH-]C.[Cl-].[Cl-].[Lu].c1cc[cH-]c1. The van der Waals surface area contributed by atoms with E-state index in [4.69, 9.17) is 0 Å². The van der Waals surface area contributed by atoms with Gasteiger partial charge >= 0.3 is 0 Å². The Bertz CT molecular complexity index is 79.0. The van der Waals surface area contributed by atoms with Gasteiger partial charge in [-0.25, -0.2) is 12.1 Å². The molecule has 1 aromatic carbocycles. The fourth-order valence-corrected chi connectivity index (χ4v) is 0.321. The Kier molecular flexibility index (Phi) is 46.5. The molecule has 0 aliphatic heterocycles. The first-order chi connectivity index (χ1) is 3.91. The Labute approximate surface area is 111 Å². The third-order valence-electron chi connectivity index (χ3n) is 0.556. The van der Waals surface area contributed by atoms with Crippen molar-refractivity contribution in [3.05, 3.63) is 36.8 Å². The smallest absolute Gasteiger partial charge is 0 e. The van der Waals surface area contributed by atoms with Crippen LogP contribution < -0.4 is 24.8 Å². The fraction of sp³-hybridized carbons (Fsp3) is 0.250. The standard InChI is InChI=1S/C5H5.C3H7.2ClH.Lu/c1-2-4-5-3-1;1-3-2;;;/h1-5H;3H,1-2H3;2*1H;/q2*-1;;;/p-2. The zero-order valence-electron chi connectivity index (χ0n) is 6.48. The monoisotopic (exact) mass is 353 g/mol. The van der Waals surface area contributed by atoms with Crippen molar-refractivity contribution in [2.45, 2.75) is 13.8 Å². The Morgan fingerprint density at radius 2 is 1.27 bits per heavy atom. The fourth-order valence-electron chi connectivity index (χ4n) is 0.321. The first-order valence-electron chi connectivity index (χ1n) is 2.82. The molecule has 1 aromatic rings. The Morgan fingerprint density at radius 3 is 1.36 bits per heavy atom. The summed E-state index contributed by atoms with van der Waals surface area (Å²) in [5.74, 6) is 0. The van der Waals surface area contributed by atoms with Crippen molar-refractivity contribution in [3.63, 3.8) is 0 Å². The molecular formula is C8H12Cl2Lu-4. The molecule has 1 radical (unpaired) electrons. The molecule has 11 heavy (non-hydrogen) atoms. The molecule has 0 aliphatic rings. The molecule has 0 bridgehead atoms. The Balaban J connectivity index is -0.0000000379. The van der Waals surface area contributed by atoms with Gasteiger partial charge in [0.25, 0.3) is 0 Å². The summed E-state index contributed by atoms with van der Waals surface area (Å²) in [6.07, 6.45) is 2.00. The van der Waals surface area contributed by atoms with E-state index in [0.717, 1.165) is 0 Å². The molecule has 0 amide bonds. The zero-order chi connectivity index (χ0) is 6.24. The summed E-state index contributed by atoms with van der Waals surface area (Å²) in [6.45, 7) is 4.00. The Morgan fingerprint density at radius 1 is 1.00 bits per heavy atom. The summed E-state index contributed by atoms with van der Waals surface area (Å²) in [7, 11) is 0. The summed E-state index contributed by atoms with van der Waals surface area (Å²) < 4.78 is 0. The van der Waals surface area contributed by atoms with E-state index in [1.54, 1.807) is 0 Å². The Hall–Kier alpha value is 1.16. The molecule has 0 fully saturated rings. The summed E-state index contributed by atoms with van der Waals surface area (Å²) in [4.78, 5) is 0. The molecule has 1 rings (SSSR count). The average molecular weight is 354 g/mol. The molecular weight excluding hydrogens is 342 g/mol. The van der Waals surface area contributed by atoms with Crippen LogP contribution in [0.3, 0.4) is 0 Å². The van der Waals surface area contributed by atoms with E-state index in [9.17, 15) is 0 Å². The van der Waals surface area contributed by atoms with E-state index in [2.05, 4.69) is 0 Å². The van der Waals surface area contributed by atoms with Crippen molar-refractivity contribution in [1.82, 2.24) is 0 Å². The van der Waals surface area contributed by atoms with Gasteiger partial charge in [0.15, 0.2) is 0 Å². The van der Waals surface area contributed by atoms with Crippen molar-refractivity contribution in [2.75, 3.05) is 0 Å². The van der Waals surface area contributed by atoms with E-state index < -0.39 is 0 Å². The minimum atomic E-state index is 0. The summed E-state index contributed by atoms with van der Waals surface area (Å²) >= 11 is 0. The normalized spacial score (nSPS) is 5.27. The van der Waals surface area contributed by atoms with E-state index >= 15 is 0 Å². The topological polar surface area (TPSA) is 0 Å². The molecule has 0 unspecified atom stereocenters. The van der Waals surface area contributed by atoms with Crippen LogP contribution in [0.1, 0.15) is 13.8 Å². The quantitative estimate of drug-likeness (QED) is 0.427. The predicted octanol–water partition coefficient (Wildman–Crippen LogP) is -3.36. The number of halogens is 2. The van der Waals surface area contributed by atoms with Crippen LogP contribution in [0.25, 0.3) is 0 Å². The van der Waals surface area contributed by atoms with Gasteiger partial charge in [-0.3, -0.25) is 0 Å². The molecule has 0 saturated heterocycles. The second-order valence-corrected chi connectivity index (χ2v) is 1.54. The molecule has 0 atom stereocenters. The van der Waals surface area contributed by atoms with Gasteiger partial charge in [0.2, 0.25) is 0 Å². The average Bonchev–Trinajstić information content (AvgIpc) is 2.17.